The molecule has 2 nitrogen and oxygen atoms in total. The van der Waals surface area contributed by atoms with Gasteiger partial charge in [-0.3, -0.25) is 0 Å². The van der Waals surface area contributed by atoms with E-state index in [1.807, 2.05) is 0 Å². The number of rotatable bonds is 3. The average molecular weight is 256 g/mol. The molecule has 0 atom stereocenters. The first-order chi connectivity index (χ1) is 9.22. The molecule has 2 N–H and O–H groups in total. The van der Waals surface area contributed by atoms with Crippen molar-refractivity contribution in [2.45, 2.75) is 52.0 Å². The Labute approximate surface area is 115 Å². The normalized spacial score (nSPS) is 15.2. The van der Waals surface area contributed by atoms with Gasteiger partial charge in [-0.2, -0.15) is 0 Å². The lowest BCUT2D eigenvalue weighted by molar-refractivity contribution is 0.617. The van der Waals surface area contributed by atoms with Crippen molar-refractivity contribution in [3.8, 4) is 0 Å². The molecule has 0 amide bonds. The Bertz CT molecular complexity index is 593. The number of hydrogen-bond donors (Lipinski definition) is 1. The summed E-state index contributed by atoms with van der Waals surface area (Å²) >= 11 is 0. The number of aromatic nitrogens is 1. The van der Waals surface area contributed by atoms with Gasteiger partial charge in [0, 0.05) is 29.7 Å². The van der Waals surface area contributed by atoms with Crippen LogP contribution in [-0.4, -0.2) is 11.1 Å². The Morgan fingerprint density at radius 1 is 1.21 bits per heavy atom. The van der Waals surface area contributed by atoms with E-state index in [9.17, 15) is 0 Å². The average Bonchev–Trinajstić information content (AvgIpc) is 2.74. The van der Waals surface area contributed by atoms with Gasteiger partial charge in [0.05, 0.1) is 0 Å². The molecule has 0 spiro atoms. The molecule has 1 heterocycles. The molecule has 0 radical (unpaired) electrons. The summed E-state index contributed by atoms with van der Waals surface area (Å²) in [4.78, 5) is 0. The second-order valence-corrected chi connectivity index (χ2v) is 6.00. The van der Waals surface area contributed by atoms with E-state index in [-0.39, 0.29) is 0 Å². The third kappa shape index (κ3) is 2.08. The summed E-state index contributed by atoms with van der Waals surface area (Å²) in [5.74, 6) is 0.599. The minimum Gasteiger partial charge on any atom is -0.343 e. The highest BCUT2D eigenvalue weighted by Crippen LogP contribution is 2.33. The highest BCUT2D eigenvalue weighted by Gasteiger charge is 2.19. The largest absolute Gasteiger partial charge is 0.343 e. The lowest BCUT2D eigenvalue weighted by Crippen LogP contribution is -2.14. The first-order valence-electron chi connectivity index (χ1n) is 7.56. The molecule has 102 valence electrons. The molecule has 0 bridgehead atoms. The molecule has 2 heteroatoms. The zero-order chi connectivity index (χ0) is 13.4. The second kappa shape index (κ2) is 5.01. The van der Waals surface area contributed by atoms with E-state index >= 15 is 0 Å². The van der Waals surface area contributed by atoms with Gasteiger partial charge < -0.3 is 10.3 Å². The van der Waals surface area contributed by atoms with Crippen LogP contribution in [0.1, 0.15) is 49.4 Å². The number of nitrogens with two attached hydrogens (primary N) is 1. The molecule has 1 aliphatic rings. The van der Waals surface area contributed by atoms with E-state index in [1.165, 1.54) is 42.1 Å². The fourth-order valence-electron chi connectivity index (χ4n) is 3.40. The Balaban J connectivity index is 2.23. The predicted molar refractivity (Wildman–Crippen MR) is 81.7 cm³/mol. The highest BCUT2D eigenvalue weighted by atomic mass is 15.0. The van der Waals surface area contributed by atoms with Crippen LogP contribution in [0.5, 0.6) is 0 Å². The molecule has 0 unspecified atom stereocenters. The third-order valence-corrected chi connectivity index (χ3v) is 4.42. The molecular formula is C17H24N2. The van der Waals surface area contributed by atoms with Crippen LogP contribution in [0.2, 0.25) is 0 Å². The van der Waals surface area contributed by atoms with E-state index in [4.69, 9.17) is 5.73 Å². The van der Waals surface area contributed by atoms with E-state index in [2.05, 4.69) is 36.6 Å². The maximum Gasteiger partial charge on any atom is 0.0486 e. The number of aryl methyl sites for hydroxylation is 1. The first-order valence-corrected chi connectivity index (χ1v) is 7.56. The van der Waals surface area contributed by atoms with Crippen LogP contribution in [0.25, 0.3) is 10.9 Å². The van der Waals surface area contributed by atoms with Crippen molar-refractivity contribution >= 4 is 10.9 Å². The summed E-state index contributed by atoms with van der Waals surface area (Å²) in [6.45, 7) is 6.21. The van der Waals surface area contributed by atoms with Crippen molar-refractivity contribution in [2.75, 3.05) is 6.54 Å². The summed E-state index contributed by atoms with van der Waals surface area (Å²) in [6, 6.07) is 7.00. The van der Waals surface area contributed by atoms with Crippen molar-refractivity contribution in [1.29, 1.82) is 0 Å². The quantitative estimate of drug-likeness (QED) is 0.893. The summed E-state index contributed by atoms with van der Waals surface area (Å²) < 4.78 is 2.47. The zero-order valence-corrected chi connectivity index (χ0v) is 12.1. The Morgan fingerprint density at radius 2 is 2.00 bits per heavy atom. The Kier molecular flexibility index (Phi) is 3.36. The summed E-state index contributed by atoms with van der Waals surface area (Å²) in [5, 5.41) is 1.48. The molecule has 2 aromatic rings. The van der Waals surface area contributed by atoms with Crippen LogP contribution in [0.4, 0.5) is 0 Å². The van der Waals surface area contributed by atoms with Crippen molar-refractivity contribution in [1.82, 2.24) is 4.57 Å². The van der Waals surface area contributed by atoms with Gasteiger partial charge >= 0.3 is 0 Å². The van der Waals surface area contributed by atoms with Crippen molar-refractivity contribution in [2.24, 2.45) is 5.73 Å². The topological polar surface area (TPSA) is 30.9 Å². The van der Waals surface area contributed by atoms with Crippen LogP contribution in [-0.2, 0) is 19.4 Å². The minimum absolute atomic E-state index is 0.599. The SMILES string of the molecule is CC(C)c1ccc2c(c1)c1c(n2CCN)CCCC1. The Hall–Kier alpha value is -1.28. The van der Waals surface area contributed by atoms with Crippen molar-refractivity contribution in [3.63, 3.8) is 0 Å². The maximum absolute atomic E-state index is 5.80. The lowest BCUT2D eigenvalue weighted by Gasteiger charge is -2.15. The molecule has 19 heavy (non-hydrogen) atoms. The summed E-state index contributed by atoms with van der Waals surface area (Å²) in [5.41, 5.74) is 11.8. The van der Waals surface area contributed by atoms with Gasteiger partial charge in [-0.05, 0) is 54.9 Å². The predicted octanol–water partition coefficient (Wildman–Crippen LogP) is 3.60. The molecule has 3 rings (SSSR count). The fraction of sp³-hybridized carbons (Fsp3) is 0.529. The van der Waals surface area contributed by atoms with Crippen LogP contribution in [0.15, 0.2) is 18.2 Å². The van der Waals surface area contributed by atoms with Crippen LogP contribution in [0.3, 0.4) is 0 Å². The van der Waals surface area contributed by atoms with Crippen LogP contribution < -0.4 is 5.73 Å². The van der Waals surface area contributed by atoms with Gasteiger partial charge in [-0.1, -0.05) is 19.9 Å². The number of hydrogen-bond acceptors (Lipinski definition) is 1. The van der Waals surface area contributed by atoms with Gasteiger partial charge in [0.2, 0.25) is 0 Å². The number of fused-ring (bicyclic) bond motifs is 3. The molecule has 1 aromatic carbocycles. The standard InChI is InChI=1S/C17H24N2/c1-12(2)13-7-8-17-15(11-13)14-5-3-4-6-16(14)19(17)10-9-18/h7-8,11-12H,3-6,9-10,18H2,1-2H3. The lowest BCUT2D eigenvalue weighted by atomic mass is 9.94. The molecule has 0 aliphatic heterocycles. The van der Waals surface area contributed by atoms with E-state index in [0.717, 1.165) is 13.1 Å². The molecule has 1 aromatic heterocycles. The summed E-state index contributed by atoms with van der Waals surface area (Å²) in [6.07, 6.45) is 5.12. The maximum atomic E-state index is 5.80. The van der Waals surface area contributed by atoms with Crippen molar-refractivity contribution < 1.29 is 0 Å². The van der Waals surface area contributed by atoms with Gasteiger partial charge in [0.1, 0.15) is 0 Å². The summed E-state index contributed by atoms with van der Waals surface area (Å²) in [7, 11) is 0. The third-order valence-electron chi connectivity index (χ3n) is 4.42. The van der Waals surface area contributed by atoms with Crippen LogP contribution in [0, 0.1) is 0 Å². The molecule has 0 saturated heterocycles. The monoisotopic (exact) mass is 256 g/mol. The smallest absolute Gasteiger partial charge is 0.0486 e. The van der Waals surface area contributed by atoms with Gasteiger partial charge in [-0.25, -0.2) is 0 Å². The first kappa shape index (κ1) is 12.7. The number of benzene rings is 1. The molecule has 0 fully saturated rings. The van der Waals surface area contributed by atoms with Gasteiger partial charge in [0.15, 0.2) is 0 Å². The molecule has 0 saturated carbocycles. The zero-order valence-electron chi connectivity index (χ0n) is 12.1. The second-order valence-electron chi connectivity index (χ2n) is 6.00. The highest BCUT2D eigenvalue weighted by molar-refractivity contribution is 5.86. The van der Waals surface area contributed by atoms with E-state index < -0.39 is 0 Å². The van der Waals surface area contributed by atoms with Crippen LogP contribution >= 0.6 is 0 Å². The van der Waals surface area contributed by atoms with E-state index in [1.54, 1.807) is 11.3 Å². The van der Waals surface area contributed by atoms with Gasteiger partial charge in [0.25, 0.3) is 0 Å². The fourth-order valence-corrected chi connectivity index (χ4v) is 3.40. The van der Waals surface area contributed by atoms with Crippen molar-refractivity contribution in [3.05, 3.63) is 35.0 Å². The van der Waals surface area contributed by atoms with E-state index in [0.29, 0.717) is 5.92 Å². The Morgan fingerprint density at radius 3 is 2.74 bits per heavy atom. The number of nitrogens with zero attached hydrogens (tertiary/aromatic N) is 1. The molecular weight excluding hydrogens is 232 g/mol. The minimum atomic E-state index is 0.599. The van der Waals surface area contributed by atoms with Gasteiger partial charge in [-0.15, -0.1) is 0 Å². The molecule has 1 aliphatic carbocycles.